The van der Waals surface area contributed by atoms with Crippen LogP contribution < -0.4 is 5.32 Å². The van der Waals surface area contributed by atoms with E-state index in [2.05, 4.69) is 5.32 Å². The molecule has 0 bridgehead atoms. The zero-order valence-corrected chi connectivity index (χ0v) is 16.7. The molecule has 1 N–H and O–H groups in total. The molecule has 0 saturated heterocycles. The monoisotopic (exact) mass is 399 g/mol. The van der Waals surface area contributed by atoms with Gasteiger partial charge in [-0.05, 0) is 45.0 Å². The first kappa shape index (κ1) is 21.4. The maximum Gasteiger partial charge on any atom is 0.340 e. The normalized spacial score (nSPS) is 11.4. The van der Waals surface area contributed by atoms with E-state index in [9.17, 15) is 19.2 Å². The highest BCUT2D eigenvalue weighted by Crippen LogP contribution is 2.24. The maximum absolute atomic E-state index is 12.5. The molecule has 2 aromatic rings. The number of nitrogens with one attached hydrogen (secondary N) is 1. The smallest absolute Gasteiger partial charge is 0.340 e. The van der Waals surface area contributed by atoms with Gasteiger partial charge in [0.05, 0.1) is 11.3 Å². The van der Waals surface area contributed by atoms with Gasteiger partial charge in [0.15, 0.2) is 11.9 Å². The third-order valence-corrected chi connectivity index (χ3v) is 4.95. The van der Waals surface area contributed by atoms with Crippen LogP contribution in [0.25, 0.3) is 0 Å². The predicted octanol–water partition coefficient (Wildman–Crippen LogP) is 3.75. The van der Waals surface area contributed by atoms with Gasteiger partial charge in [-0.2, -0.15) is 0 Å². The average molecular weight is 399 g/mol. The molecule has 28 heavy (non-hydrogen) atoms. The van der Waals surface area contributed by atoms with Crippen LogP contribution in [0, 0.1) is 0 Å². The predicted molar refractivity (Wildman–Crippen MR) is 108 cm³/mol. The highest BCUT2D eigenvalue weighted by atomic mass is 32.2. The summed E-state index contributed by atoms with van der Waals surface area (Å²) in [5.74, 6) is -1.04. The Labute approximate surface area is 167 Å². The minimum Gasteiger partial charge on any atom is -0.449 e. The van der Waals surface area contributed by atoms with Crippen LogP contribution >= 0.6 is 11.8 Å². The maximum atomic E-state index is 12.5. The molecule has 1 atom stereocenters. The molecule has 146 valence electrons. The molecule has 0 heterocycles. The quantitative estimate of drug-likeness (QED) is 0.413. The first-order chi connectivity index (χ1) is 13.3. The largest absolute Gasteiger partial charge is 0.449 e. The Morgan fingerprint density at radius 2 is 1.75 bits per heavy atom. The van der Waals surface area contributed by atoms with E-state index in [0.717, 1.165) is 0 Å². The van der Waals surface area contributed by atoms with E-state index in [0.29, 0.717) is 21.7 Å². The fraction of sp³-hybridized carbons (Fsp3) is 0.238. The molecule has 7 heteroatoms. The van der Waals surface area contributed by atoms with Crippen molar-refractivity contribution in [3.8, 4) is 0 Å². The van der Waals surface area contributed by atoms with E-state index in [1.165, 1.54) is 32.5 Å². The van der Waals surface area contributed by atoms with Gasteiger partial charge >= 0.3 is 5.97 Å². The summed E-state index contributed by atoms with van der Waals surface area (Å²) in [7, 11) is 0. The standard InChI is InChI=1S/C21H21NO5S/c1-13(23)12-28-19-10-5-4-9-18(19)21(26)27-15(3)20(25)22-17-8-6-7-16(11-17)14(2)24/h4-11,15H,12H2,1-3H3,(H,22,25)/t15-/m1/s1. The van der Waals surface area contributed by atoms with Crippen LogP contribution in [-0.2, 0) is 14.3 Å². The summed E-state index contributed by atoms with van der Waals surface area (Å²) < 4.78 is 5.28. The molecule has 0 fully saturated rings. The number of amides is 1. The summed E-state index contributed by atoms with van der Waals surface area (Å²) in [4.78, 5) is 48.1. The number of rotatable bonds is 8. The van der Waals surface area contributed by atoms with Crippen molar-refractivity contribution in [2.45, 2.75) is 31.8 Å². The number of thioether (sulfide) groups is 1. The van der Waals surface area contributed by atoms with Crippen molar-refractivity contribution in [2.75, 3.05) is 11.1 Å². The van der Waals surface area contributed by atoms with Crippen molar-refractivity contribution in [1.82, 2.24) is 0 Å². The van der Waals surface area contributed by atoms with Crippen LogP contribution in [0.5, 0.6) is 0 Å². The second-order valence-corrected chi connectivity index (χ2v) is 7.18. The van der Waals surface area contributed by atoms with E-state index < -0.39 is 18.0 Å². The van der Waals surface area contributed by atoms with Gasteiger partial charge in [-0.3, -0.25) is 14.4 Å². The van der Waals surface area contributed by atoms with E-state index >= 15 is 0 Å². The molecular formula is C21H21NO5S. The molecule has 2 rings (SSSR count). The molecule has 0 aliphatic carbocycles. The Morgan fingerprint density at radius 3 is 2.43 bits per heavy atom. The first-order valence-corrected chi connectivity index (χ1v) is 9.60. The number of Topliss-reactive ketones (excluding diaryl/α,β-unsaturated/α-hetero) is 2. The van der Waals surface area contributed by atoms with Crippen molar-refractivity contribution >= 4 is 40.9 Å². The Morgan fingerprint density at radius 1 is 1.04 bits per heavy atom. The van der Waals surface area contributed by atoms with Crippen LogP contribution in [-0.4, -0.2) is 35.3 Å². The van der Waals surface area contributed by atoms with E-state index in [-0.39, 0.29) is 17.3 Å². The van der Waals surface area contributed by atoms with Gasteiger partial charge in [-0.15, -0.1) is 11.8 Å². The Hall–Kier alpha value is -2.93. The number of benzene rings is 2. The fourth-order valence-electron chi connectivity index (χ4n) is 2.28. The molecule has 1 amide bonds. The molecule has 0 saturated carbocycles. The molecule has 6 nitrogen and oxygen atoms in total. The number of carbonyl (C=O) groups excluding carboxylic acids is 4. The zero-order chi connectivity index (χ0) is 20.7. The minimum atomic E-state index is -1.04. The Balaban J connectivity index is 2.04. The molecule has 0 unspecified atom stereocenters. The molecule has 2 aromatic carbocycles. The molecule has 0 aromatic heterocycles. The van der Waals surface area contributed by atoms with Crippen LogP contribution in [0.4, 0.5) is 5.69 Å². The molecule has 0 aliphatic rings. The first-order valence-electron chi connectivity index (χ1n) is 8.62. The Kier molecular flexibility index (Phi) is 7.52. The Bertz CT molecular complexity index is 909. The topological polar surface area (TPSA) is 89.5 Å². The third kappa shape index (κ3) is 6.06. The number of hydrogen-bond donors (Lipinski definition) is 1. The van der Waals surface area contributed by atoms with E-state index in [1.54, 1.807) is 48.5 Å². The summed E-state index contributed by atoms with van der Waals surface area (Å²) in [6, 6.07) is 13.3. The minimum absolute atomic E-state index is 0.00583. The van der Waals surface area contributed by atoms with Gasteiger partial charge in [0.1, 0.15) is 5.78 Å². The van der Waals surface area contributed by atoms with Crippen LogP contribution in [0.15, 0.2) is 53.4 Å². The summed E-state index contributed by atoms with van der Waals surface area (Å²) in [5.41, 5.74) is 1.21. The molecular weight excluding hydrogens is 378 g/mol. The summed E-state index contributed by atoms with van der Waals surface area (Å²) >= 11 is 1.24. The number of esters is 1. The summed E-state index contributed by atoms with van der Waals surface area (Å²) in [6.07, 6.45) is -1.04. The molecule has 0 spiro atoms. The second-order valence-electron chi connectivity index (χ2n) is 6.16. The molecule has 0 aliphatic heterocycles. The number of hydrogen-bond acceptors (Lipinski definition) is 6. The number of anilines is 1. The van der Waals surface area contributed by atoms with Crippen molar-refractivity contribution in [2.24, 2.45) is 0 Å². The van der Waals surface area contributed by atoms with Crippen molar-refractivity contribution < 1.29 is 23.9 Å². The van der Waals surface area contributed by atoms with Crippen LogP contribution in [0.1, 0.15) is 41.5 Å². The summed E-state index contributed by atoms with van der Waals surface area (Å²) in [5, 5.41) is 2.63. The highest BCUT2D eigenvalue weighted by molar-refractivity contribution is 8.00. The molecule has 0 radical (unpaired) electrons. The van der Waals surface area contributed by atoms with E-state index in [1.807, 2.05) is 0 Å². The SMILES string of the molecule is CC(=O)CSc1ccccc1C(=O)O[C@H](C)C(=O)Nc1cccc(C(C)=O)c1. The highest BCUT2D eigenvalue weighted by Gasteiger charge is 2.21. The lowest BCUT2D eigenvalue weighted by Gasteiger charge is -2.15. The van der Waals surface area contributed by atoms with Gasteiger partial charge in [0.25, 0.3) is 5.91 Å². The lowest BCUT2D eigenvalue weighted by atomic mass is 10.1. The fourth-order valence-corrected chi connectivity index (χ4v) is 3.12. The number of ketones is 2. The zero-order valence-electron chi connectivity index (χ0n) is 15.9. The lowest BCUT2D eigenvalue weighted by molar-refractivity contribution is -0.123. The average Bonchev–Trinajstić information content (AvgIpc) is 2.66. The van der Waals surface area contributed by atoms with Crippen molar-refractivity contribution in [3.05, 3.63) is 59.7 Å². The third-order valence-electron chi connectivity index (χ3n) is 3.73. The summed E-state index contributed by atoms with van der Waals surface area (Å²) in [6.45, 7) is 4.38. The van der Waals surface area contributed by atoms with Gasteiger partial charge in [0, 0.05) is 16.1 Å². The van der Waals surface area contributed by atoms with Crippen molar-refractivity contribution in [1.29, 1.82) is 0 Å². The van der Waals surface area contributed by atoms with E-state index in [4.69, 9.17) is 4.74 Å². The van der Waals surface area contributed by atoms with Gasteiger partial charge in [0.2, 0.25) is 0 Å². The number of carbonyl (C=O) groups is 4. The van der Waals surface area contributed by atoms with Gasteiger partial charge < -0.3 is 10.1 Å². The van der Waals surface area contributed by atoms with Gasteiger partial charge in [-0.1, -0.05) is 24.3 Å². The van der Waals surface area contributed by atoms with Gasteiger partial charge in [-0.25, -0.2) is 4.79 Å². The second kappa shape index (κ2) is 9.85. The van der Waals surface area contributed by atoms with Crippen LogP contribution in [0.3, 0.4) is 0 Å². The van der Waals surface area contributed by atoms with Crippen LogP contribution in [0.2, 0.25) is 0 Å². The lowest BCUT2D eigenvalue weighted by Crippen LogP contribution is -2.30. The number of ether oxygens (including phenoxy) is 1. The van der Waals surface area contributed by atoms with Crippen molar-refractivity contribution in [3.63, 3.8) is 0 Å².